The summed E-state index contributed by atoms with van der Waals surface area (Å²) >= 11 is 0. The van der Waals surface area contributed by atoms with Crippen LogP contribution in [-0.4, -0.2) is 68.9 Å². The normalized spacial score (nSPS) is 23.1. The Balaban J connectivity index is 1.37. The topological polar surface area (TPSA) is 98.1 Å². The summed E-state index contributed by atoms with van der Waals surface area (Å²) in [6.45, 7) is 4.60. The molecule has 1 amide bonds. The van der Waals surface area contributed by atoms with Crippen molar-refractivity contribution >= 4 is 15.9 Å². The Labute approximate surface area is 176 Å². The molecule has 0 unspecified atom stereocenters. The number of nitrogens with zero attached hydrogens (tertiary/aromatic N) is 1. The summed E-state index contributed by atoms with van der Waals surface area (Å²) < 4.78 is 43.0. The van der Waals surface area contributed by atoms with Crippen LogP contribution in [0.1, 0.15) is 23.0 Å². The van der Waals surface area contributed by atoms with E-state index < -0.39 is 10.0 Å². The molecule has 0 radical (unpaired) electrons. The quantitative estimate of drug-likeness (QED) is 0.771. The zero-order valence-corrected chi connectivity index (χ0v) is 17.9. The van der Waals surface area contributed by atoms with Crippen LogP contribution in [0.4, 0.5) is 0 Å². The average Bonchev–Trinajstić information content (AvgIpc) is 3.32. The van der Waals surface area contributed by atoms with E-state index in [-0.39, 0.29) is 56.2 Å². The molecule has 2 fully saturated rings. The Morgan fingerprint density at radius 1 is 1.13 bits per heavy atom. The van der Waals surface area contributed by atoms with Gasteiger partial charge in [-0.05, 0) is 38.1 Å². The Morgan fingerprint density at radius 2 is 1.83 bits per heavy atom. The summed E-state index contributed by atoms with van der Waals surface area (Å²) in [5.74, 6) is 1.35. The number of amides is 1. The van der Waals surface area contributed by atoms with Crippen LogP contribution in [0.5, 0.6) is 0 Å². The molecular weight excluding hydrogens is 408 g/mol. The highest BCUT2D eigenvalue weighted by Gasteiger charge is 2.41. The van der Waals surface area contributed by atoms with Crippen LogP contribution in [0, 0.1) is 6.92 Å². The van der Waals surface area contributed by atoms with Gasteiger partial charge in [0.25, 0.3) is 5.91 Å². The third kappa shape index (κ3) is 4.44. The largest absolute Gasteiger partial charge is 0.461 e. The maximum atomic E-state index is 12.7. The summed E-state index contributed by atoms with van der Waals surface area (Å²) in [5.41, 5.74) is 1.35. The molecule has 2 atom stereocenters. The number of furan rings is 1. The van der Waals surface area contributed by atoms with Crippen molar-refractivity contribution in [2.45, 2.75) is 32.1 Å². The predicted octanol–water partition coefficient (Wildman–Crippen LogP) is 1.80. The van der Waals surface area contributed by atoms with Crippen LogP contribution in [0.15, 0.2) is 40.8 Å². The lowest BCUT2D eigenvalue weighted by Crippen LogP contribution is -2.41. The summed E-state index contributed by atoms with van der Waals surface area (Å²) in [6, 6.07) is 10.7. The number of carbonyl (C=O) groups is 1. The van der Waals surface area contributed by atoms with Crippen LogP contribution >= 0.6 is 0 Å². The van der Waals surface area contributed by atoms with E-state index in [0.29, 0.717) is 11.3 Å². The van der Waals surface area contributed by atoms with E-state index in [1.807, 2.05) is 31.2 Å². The van der Waals surface area contributed by atoms with Crippen LogP contribution in [-0.2, 0) is 19.5 Å². The lowest BCUT2D eigenvalue weighted by molar-refractivity contribution is -0.00461. The average molecular weight is 435 g/mol. The number of benzene rings is 1. The lowest BCUT2D eigenvalue weighted by atomic mass is 10.1. The summed E-state index contributed by atoms with van der Waals surface area (Å²) in [5, 5.41) is 2.95. The maximum Gasteiger partial charge on any atom is 0.251 e. The Kier molecular flexibility index (Phi) is 5.97. The minimum absolute atomic E-state index is 0.0573. The minimum atomic E-state index is -3.27. The molecule has 2 saturated heterocycles. The first kappa shape index (κ1) is 21.0. The van der Waals surface area contributed by atoms with E-state index in [2.05, 4.69) is 5.32 Å². The van der Waals surface area contributed by atoms with Crippen molar-refractivity contribution in [3.8, 4) is 11.3 Å². The number of rotatable bonds is 5. The first-order valence-corrected chi connectivity index (χ1v) is 11.7. The molecule has 0 saturated carbocycles. The van der Waals surface area contributed by atoms with Gasteiger partial charge in [-0.3, -0.25) is 4.79 Å². The highest BCUT2D eigenvalue weighted by molar-refractivity contribution is 7.89. The third-order valence-electron chi connectivity index (χ3n) is 5.45. The van der Waals surface area contributed by atoms with Gasteiger partial charge in [0.05, 0.1) is 37.2 Å². The first-order chi connectivity index (χ1) is 14.4. The highest BCUT2D eigenvalue weighted by atomic mass is 32.2. The molecule has 30 heavy (non-hydrogen) atoms. The summed E-state index contributed by atoms with van der Waals surface area (Å²) in [7, 11) is -3.27. The fourth-order valence-corrected chi connectivity index (χ4v) is 4.84. The van der Waals surface area contributed by atoms with Gasteiger partial charge in [-0.15, -0.1) is 0 Å². The second-order valence-electron chi connectivity index (χ2n) is 7.62. The number of hydrogen-bond donors (Lipinski definition) is 1. The number of nitrogens with one attached hydrogen (secondary N) is 1. The molecule has 4 rings (SSSR count). The third-order valence-corrected chi connectivity index (χ3v) is 7.26. The molecule has 1 aromatic heterocycles. The minimum Gasteiger partial charge on any atom is -0.461 e. The zero-order chi connectivity index (χ0) is 21.3. The summed E-state index contributed by atoms with van der Waals surface area (Å²) in [6.07, 6.45) is -0.641. The second-order valence-corrected chi connectivity index (χ2v) is 9.88. The van der Waals surface area contributed by atoms with Crippen molar-refractivity contribution in [2.24, 2.45) is 0 Å². The molecule has 0 aliphatic carbocycles. The van der Waals surface area contributed by atoms with Crippen molar-refractivity contribution in [3.63, 3.8) is 0 Å². The number of aryl methyl sites for hydroxylation is 1. The zero-order valence-electron chi connectivity index (χ0n) is 17.0. The van der Waals surface area contributed by atoms with E-state index >= 15 is 0 Å². The molecule has 2 aliphatic rings. The smallest absolute Gasteiger partial charge is 0.251 e. The molecule has 0 bridgehead atoms. The lowest BCUT2D eigenvalue weighted by Gasteiger charge is -2.19. The van der Waals surface area contributed by atoms with Crippen molar-refractivity contribution in [2.75, 3.05) is 32.1 Å². The van der Waals surface area contributed by atoms with Crippen molar-refractivity contribution in [3.05, 3.63) is 47.7 Å². The SMILES string of the molecule is CCS(=O)(=O)N1C[C@@H]2OCC(NC(=O)c3cccc(-c4ccc(C)o4)c3)CO[C@H]2C1. The fraction of sp³-hybridized carbons (Fsp3) is 0.476. The van der Waals surface area contributed by atoms with Crippen molar-refractivity contribution in [1.82, 2.24) is 9.62 Å². The van der Waals surface area contributed by atoms with Gasteiger partial charge in [0.1, 0.15) is 11.5 Å². The van der Waals surface area contributed by atoms with Gasteiger partial charge in [0, 0.05) is 24.2 Å². The maximum absolute atomic E-state index is 12.7. The highest BCUT2D eigenvalue weighted by Crippen LogP contribution is 2.24. The second kappa shape index (κ2) is 8.50. The molecule has 9 heteroatoms. The Hall–Kier alpha value is -2.20. The first-order valence-electron chi connectivity index (χ1n) is 10.0. The number of ether oxygens (including phenoxy) is 2. The molecular formula is C21H26N2O6S. The van der Waals surface area contributed by atoms with Gasteiger partial charge in [-0.1, -0.05) is 12.1 Å². The molecule has 1 aromatic carbocycles. The molecule has 2 aromatic rings. The van der Waals surface area contributed by atoms with E-state index in [9.17, 15) is 13.2 Å². The monoisotopic (exact) mass is 434 g/mol. The van der Waals surface area contributed by atoms with Gasteiger partial charge in [0.2, 0.25) is 10.0 Å². The Bertz CT molecular complexity index is 1000. The van der Waals surface area contributed by atoms with E-state index in [1.165, 1.54) is 4.31 Å². The number of sulfonamides is 1. The van der Waals surface area contributed by atoms with Gasteiger partial charge in [0.15, 0.2) is 0 Å². The fourth-order valence-electron chi connectivity index (χ4n) is 3.72. The van der Waals surface area contributed by atoms with Crippen molar-refractivity contribution < 1.29 is 27.1 Å². The van der Waals surface area contributed by atoms with Gasteiger partial charge < -0.3 is 19.2 Å². The van der Waals surface area contributed by atoms with Crippen LogP contribution in [0.25, 0.3) is 11.3 Å². The molecule has 162 valence electrons. The molecule has 8 nitrogen and oxygen atoms in total. The number of fused-ring (bicyclic) bond motifs is 1. The van der Waals surface area contributed by atoms with Gasteiger partial charge in [-0.25, -0.2) is 8.42 Å². The molecule has 3 heterocycles. The predicted molar refractivity (Wildman–Crippen MR) is 111 cm³/mol. The molecule has 1 N–H and O–H groups in total. The van der Waals surface area contributed by atoms with Crippen LogP contribution < -0.4 is 5.32 Å². The van der Waals surface area contributed by atoms with Crippen LogP contribution in [0.2, 0.25) is 0 Å². The van der Waals surface area contributed by atoms with Crippen molar-refractivity contribution in [1.29, 1.82) is 0 Å². The molecule has 2 aliphatic heterocycles. The van der Waals surface area contributed by atoms with Crippen LogP contribution in [0.3, 0.4) is 0 Å². The number of carbonyl (C=O) groups excluding carboxylic acids is 1. The Morgan fingerprint density at radius 3 is 2.43 bits per heavy atom. The van der Waals surface area contributed by atoms with Gasteiger partial charge >= 0.3 is 0 Å². The summed E-state index contributed by atoms with van der Waals surface area (Å²) in [4.78, 5) is 12.7. The number of hydrogen-bond acceptors (Lipinski definition) is 6. The van der Waals surface area contributed by atoms with E-state index in [4.69, 9.17) is 13.9 Å². The van der Waals surface area contributed by atoms with Gasteiger partial charge in [-0.2, -0.15) is 4.31 Å². The molecule has 0 spiro atoms. The standard InChI is InChI=1S/C21H26N2O6S/c1-3-30(25,26)23-10-19-20(11-23)28-13-17(12-27-19)22-21(24)16-6-4-5-15(9-16)18-8-7-14(2)29-18/h4-9,17,19-20H,3,10-13H2,1-2H3,(H,22,24)/t19-,20-/m0/s1. The van der Waals surface area contributed by atoms with E-state index in [0.717, 1.165) is 11.3 Å². The van der Waals surface area contributed by atoms with E-state index in [1.54, 1.807) is 19.1 Å².